The maximum Gasteiger partial charge on any atom is 1.00 e. The predicted molar refractivity (Wildman–Crippen MR) is 81.4 cm³/mol. The third-order valence-electron chi connectivity index (χ3n) is 2.94. The van der Waals surface area contributed by atoms with Gasteiger partial charge in [-0.05, 0) is 44.9 Å². The molecule has 0 saturated heterocycles. The number of carboxylic acid groups (broad SMARTS) is 1. The fourth-order valence-corrected chi connectivity index (χ4v) is 1.86. The van der Waals surface area contributed by atoms with Gasteiger partial charge in [-0.15, -0.1) is 0 Å². The summed E-state index contributed by atoms with van der Waals surface area (Å²) in [5, 5.41) is 29.1. The fourth-order valence-electron chi connectivity index (χ4n) is 1.86. The Kier molecular flexibility index (Phi) is 17.7. The van der Waals surface area contributed by atoms with Crippen molar-refractivity contribution in [1.29, 1.82) is 0 Å². The van der Waals surface area contributed by atoms with Gasteiger partial charge in [-0.25, -0.2) is 0 Å². The number of unbranched alkanes of at least 4 members (excludes halogenated alkanes) is 2. The molecular weight excluding hydrogens is 279 g/mol. The molecule has 0 aliphatic heterocycles. The van der Waals surface area contributed by atoms with E-state index < -0.39 is 5.97 Å². The number of carbonyl (C=O) groups is 1. The van der Waals surface area contributed by atoms with Crippen molar-refractivity contribution < 1.29 is 39.0 Å². The summed E-state index contributed by atoms with van der Waals surface area (Å²) in [5.41, 5.74) is 0. The molecule has 0 fully saturated rings. The average Bonchev–Trinajstić information content (AvgIpc) is 2.43. The van der Waals surface area contributed by atoms with E-state index in [1.54, 1.807) is 4.90 Å². The second kappa shape index (κ2) is 16.6. The topological polar surface area (TPSA) is 96.2 Å². The molecule has 7 heteroatoms. The van der Waals surface area contributed by atoms with Crippen LogP contribution in [0.15, 0.2) is 17.1 Å². The van der Waals surface area contributed by atoms with Crippen molar-refractivity contribution in [3.8, 4) is 0 Å². The summed E-state index contributed by atoms with van der Waals surface area (Å²) >= 11 is 0. The monoisotopic (exact) mass is 306 g/mol. The van der Waals surface area contributed by atoms with E-state index in [0.29, 0.717) is 32.5 Å². The zero-order valence-electron chi connectivity index (χ0n) is 13.8. The van der Waals surface area contributed by atoms with E-state index in [-0.39, 0.29) is 37.9 Å². The van der Waals surface area contributed by atoms with Crippen molar-refractivity contribution >= 4 is 11.9 Å². The molecule has 22 heavy (non-hydrogen) atoms. The van der Waals surface area contributed by atoms with Gasteiger partial charge in [0.15, 0.2) is 0 Å². The number of hydrogen-bond donors (Lipinski definition) is 2. The van der Waals surface area contributed by atoms with Crippen LogP contribution in [0.4, 0.5) is 0 Å². The minimum absolute atomic E-state index is 0. The molecule has 0 unspecified atom stereocenters. The van der Waals surface area contributed by atoms with Gasteiger partial charge >= 0.3 is 24.8 Å². The zero-order valence-corrected chi connectivity index (χ0v) is 13.8. The van der Waals surface area contributed by atoms with Crippen LogP contribution in [0.3, 0.4) is 0 Å². The molecule has 0 saturated carbocycles. The maximum atomic E-state index is 11.5. The number of nitrogens with zero attached hydrogens (tertiary/aromatic N) is 2. The van der Waals surface area contributed by atoms with Crippen molar-refractivity contribution in [2.75, 3.05) is 32.8 Å². The number of carboxylic acids is 1. The number of aliphatic imine (C=N–C) groups is 1. The van der Waals surface area contributed by atoms with Crippen LogP contribution in [0.1, 0.15) is 39.0 Å². The van der Waals surface area contributed by atoms with E-state index in [2.05, 4.69) is 11.1 Å². The van der Waals surface area contributed by atoms with E-state index in [0.717, 1.165) is 19.3 Å². The van der Waals surface area contributed by atoms with Crippen molar-refractivity contribution in [3.63, 3.8) is 0 Å². The van der Waals surface area contributed by atoms with Crippen LogP contribution in [-0.2, 0) is 4.79 Å². The maximum absolute atomic E-state index is 11.5. The van der Waals surface area contributed by atoms with Gasteiger partial charge in [0.2, 0.25) is 0 Å². The van der Waals surface area contributed by atoms with Crippen molar-refractivity contribution in [2.45, 2.75) is 39.0 Å². The number of aliphatic hydroxyl groups is 1. The smallest absolute Gasteiger partial charge is 0.862 e. The third kappa shape index (κ3) is 15.6. The molecule has 0 aromatic carbocycles. The van der Waals surface area contributed by atoms with Crippen LogP contribution >= 0.6 is 0 Å². The molecular formula is C15H27LiN2O4. The first kappa shape index (κ1) is 23.5. The summed E-state index contributed by atoms with van der Waals surface area (Å²) in [5.74, 6) is -1.03. The zero-order chi connectivity index (χ0) is 15.9. The van der Waals surface area contributed by atoms with Gasteiger partial charge < -0.3 is 20.3 Å². The number of rotatable bonds is 13. The van der Waals surface area contributed by atoms with E-state index in [1.807, 2.05) is 13.0 Å². The molecule has 122 valence electrons. The molecule has 0 aromatic heterocycles. The average molecular weight is 306 g/mol. The predicted octanol–water partition coefficient (Wildman–Crippen LogP) is -2.35. The van der Waals surface area contributed by atoms with E-state index >= 15 is 0 Å². The van der Waals surface area contributed by atoms with Crippen molar-refractivity contribution in [2.24, 2.45) is 4.99 Å². The number of allylic oxidation sites excluding steroid dienone is 2. The standard InChI is InChI=1S/C15H28N2O4.Li/c1-2-3-4-5-6-8-14(19)16-9-11-17(10-7-12-18)13-15(20)21;/h2-3,18H,4-13H2,1H3,(H,16,19)(H,20,21);/q;+1/p-1/b3-2+;. The molecule has 2 N–H and O–H groups in total. The molecule has 0 bridgehead atoms. The van der Waals surface area contributed by atoms with Crippen molar-refractivity contribution in [3.05, 3.63) is 12.2 Å². The van der Waals surface area contributed by atoms with Crippen LogP contribution in [0.5, 0.6) is 0 Å². The Bertz CT molecular complexity index is 336. The van der Waals surface area contributed by atoms with E-state index in [9.17, 15) is 9.90 Å². The Morgan fingerprint density at radius 2 is 2.00 bits per heavy atom. The molecule has 0 atom stereocenters. The van der Waals surface area contributed by atoms with Crippen LogP contribution < -0.4 is 24.0 Å². The summed E-state index contributed by atoms with van der Waals surface area (Å²) in [7, 11) is 0. The quantitative estimate of drug-likeness (QED) is 0.131. The Morgan fingerprint density at radius 3 is 2.59 bits per heavy atom. The first-order chi connectivity index (χ1) is 10.1. The van der Waals surface area contributed by atoms with Crippen molar-refractivity contribution in [1.82, 2.24) is 4.90 Å². The Hall–Kier alpha value is -0.803. The Morgan fingerprint density at radius 1 is 1.27 bits per heavy atom. The normalized spacial score (nSPS) is 11.9. The Balaban J connectivity index is 0. The summed E-state index contributed by atoms with van der Waals surface area (Å²) < 4.78 is 0. The fraction of sp³-hybridized carbons (Fsp3) is 0.733. The summed E-state index contributed by atoms with van der Waals surface area (Å²) in [6, 6.07) is 0. The first-order valence-electron chi connectivity index (χ1n) is 7.46. The molecule has 0 aromatic rings. The second-order valence-corrected chi connectivity index (χ2v) is 4.84. The number of aliphatic hydroxyl groups excluding tert-OH is 1. The Labute approximate surface area is 145 Å². The van der Waals surface area contributed by atoms with Crippen LogP contribution in [0, 0.1) is 0 Å². The largest absolute Gasteiger partial charge is 1.00 e. The minimum atomic E-state index is -0.914. The second-order valence-electron chi connectivity index (χ2n) is 4.84. The number of hydrogen-bond acceptors (Lipinski definition) is 5. The van der Waals surface area contributed by atoms with E-state index in [4.69, 9.17) is 10.2 Å². The van der Waals surface area contributed by atoms with Crippen LogP contribution in [-0.4, -0.2) is 59.8 Å². The molecule has 6 nitrogen and oxygen atoms in total. The summed E-state index contributed by atoms with van der Waals surface area (Å²) in [6.07, 6.45) is 7.84. The molecule has 0 aliphatic carbocycles. The van der Waals surface area contributed by atoms with Gasteiger partial charge in [0, 0.05) is 19.7 Å². The summed E-state index contributed by atoms with van der Waals surface area (Å²) in [4.78, 5) is 16.3. The van der Waals surface area contributed by atoms with Gasteiger partial charge in [-0.3, -0.25) is 9.69 Å². The molecule has 0 heterocycles. The molecule has 0 radical (unpaired) electrons. The van der Waals surface area contributed by atoms with Crippen LogP contribution in [0.25, 0.3) is 0 Å². The van der Waals surface area contributed by atoms with Gasteiger partial charge in [0.25, 0.3) is 0 Å². The van der Waals surface area contributed by atoms with Crippen LogP contribution in [0.2, 0.25) is 0 Å². The van der Waals surface area contributed by atoms with E-state index in [1.165, 1.54) is 0 Å². The van der Waals surface area contributed by atoms with Gasteiger partial charge in [0.1, 0.15) is 0 Å². The SMILES string of the molecule is C/C=C/CCCCC([O-])=NCCN(CCCO)CC(=O)O.[Li+]. The number of aliphatic carboxylic acids is 1. The summed E-state index contributed by atoms with van der Waals surface area (Å²) in [6.45, 7) is 3.14. The molecule has 0 rings (SSSR count). The van der Waals surface area contributed by atoms with Gasteiger partial charge in [0.05, 0.1) is 13.1 Å². The van der Waals surface area contributed by atoms with Gasteiger partial charge in [-0.1, -0.05) is 12.2 Å². The minimum Gasteiger partial charge on any atom is -0.862 e. The molecule has 0 spiro atoms. The first-order valence-corrected chi connectivity index (χ1v) is 7.46. The molecule has 0 aliphatic rings. The molecule has 0 amide bonds. The van der Waals surface area contributed by atoms with Gasteiger partial charge in [-0.2, -0.15) is 0 Å². The third-order valence-corrected chi connectivity index (χ3v) is 2.94.